The van der Waals surface area contributed by atoms with Crippen molar-refractivity contribution < 1.29 is 4.39 Å². The zero-order chi connectivity index (χ0) is 18.9. The maximum Gasteiger partial charge on any atom is 0.123 e. The second kappa shape index (κ2) is 10.2. The lowest BCUT2D eigenvalue weighted by Crippen LogP contribution is -2.14. The van der Waals surface area contributed by atoms with Crippen LogP contribution in [0.15, 0.2) is 54.6 Å². The largest absolute Gasteiger partial charge is 0.382 e. The smallest absolute Gasteiger partial charge is 0.123 e. The Kier molecular flexibility index (Phi) is 7.90. The number of halogens is 1. The molecule has 0 saturated carbocycles. The first kappa shape index (κ1) is 20.2. The van der Waals surface area contributed by atoms with Crippen molar-refractivity contribution in [2.45, 2.75) is 59.4 Å². The minimum atomic E-state index is -0.195. The molecule has 0 aliphatic carbocycles. The summed E-state index contributed by atoms with van der Waals surface area (Å²) >= 11 is 0. The molecule has 2 unspecified atom stereocenters. The molecule has 0 spiro atoms. The van der Waals surface area contributed by atoms with E-state index in [2.05, 4.69) is 63.4 Å². The van der Waals surface area contributed by atoms with E-state index in [0.29, 0.717) is 12.0 Å². The van der Waals surface area contributed by atoms with Crippen LogP contribution in [0, 0.1) is 11.7 Å². The van der Waals surface area contributed by atoms with Crippen LogP contribution in [0.2, 0.25) is 0 Å². The molecule has 0 heterocycles. The average molecular weight is 354 g/mol. The van der Waals surface area contributed by atoms with Crippen molar-refractivity contribution >= 4 is 11.3 Å². The Hall–Kier alpha value is -2.09. The van der Waals surface area contributed by atoms with Crippen molar-refractivity contribution in [3.05, 3.63) is 71.6 Å². The van der Waals surface area contributed by atoms with Crippen molar-refractivity contribution in [3.63, 3.8) is 0 Å². The van der Waals surface area contributed by atoms with Crippen LogP contribution in [0.25, 0.3) is 5.57 Å². The van der Waals surface area contributed by atoms with Crippen molar-refractivity contribution in [1.29, 1.82) is 0 Å². The quantitative estimate of drug-likeness (QED) is 0.499. The molecule has 26 heavy (non-hydrogen) atoms. The first-order valence-corrected chi connectivity index (χ1v) is 9.92. The standard InChI is InChI=1S/C24H32FN/c1-5-10-19(7-3)17-23(20-13-15-21(25)16-14-20)22-11-8-9-12-24(22)26-18(4)6-2/h8-9,11-19,26H,5-7,10H2,1-4H3/b23-17+. The first-order valence-electron chi connectivity index (χ1n) is 9.92. The lowest BCUT2D eigenvalue weighted by atomic mass is 9.90. The molecule has 0 radical (unpaired) electrons. The van der Waals surface area contributed by atoms with Gasteiger partial charge < -0.3 is 5.32 Å². The lowest BCUT2D eigenvalue weighted by molar-refractivity contribution is 0.564. The highest BCUT2D eigenvalue weighted by Crippen LogP contribution is 2.32. The molecule has 0 aliphatic rings. The van der Waals surface area contributed by atoms with Crippen molar-refractivity contribution in [2.75, 3.05) is 5.32 Å². The Labute approximate surface area is 158 Å². The van der Waals surface area contributed by atoms with Gasteiger partial charge in [0.25, 0.3) is 0 Å². The molecule has 0 fully saturated rings. The van der Waals surface area contributed by atoms with Crippen LogP contribution in [0.1, 0.15) is 64.5 Å². The molecule has 0 aromatic heterocycles. The minimum absolute atomic E-state index is 0.195. The summed E-state index contributed by atoms with van der Waals surface area (Å²) in [6.07, 6.45) is 6.89. The lowest BCUT2D eigenvalue weighted by Gasteiger charge is -2.20. The van der Waals surface area contributed by atoms with Crippen molar-refractivity contribution in [1.82, 2.24) is 0 Å². The number of hydrogen-bond acceptors (Lipinski definition) is 1. The molecule has 1 N–H and O–H groups in total. The van der Waals surface area contributed by atoms with Gasteiger partial charge in [0, 0.05) is 17.3 Å². The SMILES string of the molecule is CCCC(/C=C(\c1ccc(F)cc1)c1ccccc1NC(C)CC)CC. The number of anilines is 1. The van der Waals surface area contributed by atoms with Gasteiger partial charge in [-0.3, -0.25) is 0 Å². The summed E-state index contributed by atoms with van der Waals surface area (Å²) in [5.41, 5.74) is 4.59. The minimum Gasteiger partial charge on any atom is -0.382 e. The fraction of sp³-hybridized carbons (Fsp3) is 0.417. The first-order chi connectivity index (χ1) is 12.6. The molecule has 2 atom stereocenters. The van der Waals surface area contributed by atoms with Crippen LogP contribution in [-0.2, 0) is 0 Å². The zero-order valence-corrected chi connectivity index (χ0v) is 16.6. The molecular weight excluding hydrogens is 321 g/mol. The molecule has 0 amide bonds. The summed E-state index contributed by atoms with van der Waals surface area (Å²) in [4.78, 5) is 0. The maximum absolute atomic E-state index is 13.5. The Morgan fingerprint density at radius 3 is 2.31 bits per heavy atom. The summed E-state index contributed by atoms with van der Waals surface area (Å²) in [7, 11) is 0. The van der Waals surface area contributed by atoms with Gasteiger partial charge in [-0.2, -0.15) is 0 Å². The van der Waals surface area contributed by atoms with Gasteiger partial charge in [0.2, 0.25) is 0 Å². The highest BCUT2D eigenvalue weighted by Gasteiger charge is 2.14. The monoisotopic (exact) mass is 353 g/mol. The van der Waals surface area contributed by atoms with Gasteiger partial charge in [-0.1, -0.05) is 63.6 Å². The highest BCUT2D eigenvalue weighted by molar-refractivity contribution is 5.86. The second-order valence-corrected chi connectivity index (χ2v) is 7.04. The number of benzene rings is 2. The van der Waals surface area contributed by atoms with E-state index < -0.39 is 0 Å². The van der Waals surface area contributed by atoms with E-state index in [0.717, 1.165) is 24.1 Å². The van der Waals surface area contributed by atoms with Crippen LogP contribution in [0.5, 0.6) is 0 Å². The maximum atomic E-state index is 13.5. The number of para-hydroxylation sites is 1. The van der Waals surface area contributed by atoms with Gasteiger partial charge in [0.05, 0.1) is 0 Å². The molecule has 2 aromatic carbocycles. The van der Waals surface area contributed by atoms with Crippen LogP contribution >= 0.6 is 0 Å². The predicted octanol–water partition coefficient (Wildman–Crippen LogP) is 7.29. The third kappa shape index (κ3) is 5.45. The normalized spacial score (nSPS) is 14.1. The molecule has 2 rings (SSSR count). The van der Waals surface area contributed by atoms with Crippen LogP contribution < -0.4 is 5.32 Å². The van der Waals surface area contributed by atoms with Crippen molar-refractivity contribution in [2.24, 2.45) is 5.92 Å². The zero-order valence-electron chi connectivity index (χ0n) is 16.6. The Morgan fingerprint density at radius 1 is 1.00 bits per heavy atom. The molecule has 0 saturated heterocycles. The molecular formula is C24H32FN. The van der Waals surface area contributed by atoms with E-state index in [1.54, 1.807) is 12.1 Å². The van der Waals surface area contributed by atoms with E-state index >= 15 is 0 Å². The van der Waals surface area contributed by atoms with Gasteiger partial charge in [-0.15, -0.1) is 0 Å². The van der Waals surface area contributed by atoms with Crippen LogP contribution in [0.3, 0.4) is 0 Å². The summed E-state index contributed by atoms with van der Waals surface area (Å²) in [5, 5.41) is 3.63. The number of rotatable bonds is 9. The van der Waals surface area contributed by atoms with Gasteiger partial charge >= 0.3 is 0 Å². The van der Waals surface area contributed by atoms with Gasteiger partial charge in [-0.25, -0.2) is 4.39 Å². The van der Waals surface area contributed by atoms with E-state index in [1.165, 1.54) is 24.0 Å². The Bertz CT molecular complexity index is 702. The fourth-order valence-electron chi connectivity index (χ4n) is 3.19. The van der Waals surface area contributed by atoms with E-state index in [4.69, 9.17) is 0 Å². The predicted molar refractivity (Wildman–Crippen MR) is 112 cm³/mol. The van der Waals surface area contributed by atoms with Crippen LogP contribution in [0.4, 0.5) is 10.1 Å². The number of hydrogen-bond donors (Lipinski definition) is 1. The average Bonchev–Trinajstić information content (AvgIpc) is 2.66. The third-order valence-corrected chi connectivity index (χ3v) is 4.97. The fourth-order valence-corrected chi connectivity index (χ4v) is 3.19. The molecule has 2 aromatic rings. The van der Waals surface area contributed by atoms with Gasteiger partial charge in [0.1, 0.15) is 5.82 Å². The summed E-state index contributed by atoms with van der Waals surface area (Å²) in [6.45, 7) is 8.85. The van der Waals surface area contributed by atoms with Crippen LogP contribution in [-0.4, -0.2) is 6.04 Å². The van der Waals surface area contributed by atoms with Gasteiger partial charge in [0.15, 0.2) is 0 Å². The molecule has 0 bridgehead atoms. The summed E-state index contributed by atoms with van der Waals surface area (Å²) in [6, 6.07) is 15.7. The summed E-state index contributed by atoms with van der Waals surface area (Å²) < 4.78 is 13.5. The molecule has 140 valence electrons. The number of allylic oxidation sites excluding steroid dienone is 1. The van der Waals surface area contributed by atoms with Crippen molar-refractivity contribution in [3.8, 4) is 0 Å². The van der Waals surface area contributed by atoms with E-state index in [1.807, 2.05) is 12.1 Å². The topological polar surface area (TPSA) is 12.0 Å². The molecule has 1 nitrogen and oxygen atoms in total. The molecule has 2 heteroatoms. The van der Waals surface area contributed by atoms with E-state index in [-0.39, 0.29) is 5.82 Å². The Balaban J connectivity index is 2.54. The van der Waals surface area contributed by atoms with Gasteiger partial charge in [-0.05, 0) is 61.4 Å². The second-order valence-electron chi connectivity index (χ2n) is 7.04. The third-order valence-electron chi connectivity index (χ3n) is 4.97. The number of nitrogens with one attached hydrogen (secondary N) is 1. The summed E-state index contributed by atoms with van der Waals surface area (Å²) in [5.74, 6) is 0.330. The highest BCUT2D eigenvalue weighted by atomic mass is 19.1. The molecule has 0 aliphatic heterocycles. The van der Waals surface area contributed by atoms with E-state index in [9.17, 15) is 4.39 Å². The Morgan fingerprint density at radius 2 is 1.69 bits per heavy atom.